The first-order valence-electron chi connectivity index (χ1n) is 7.82. The SMILES string of the molecule is CC(=O)N1Cc2cc(-c3ccc(/C=C4\NC(=S)NC4=O)s3)ccc2C1=O. The first kappa shape index (κ1) is 16.6. The number of imide groups is 1. The summed E-state index contributed by atoms with van der Waals surface area (Å²) in [5.74, 6) is -0.742. The fourth-order valence-electron chi connectivity index (χ4n) is 2.94. The number of fused-ring (bicyclic) bond motifs is 1. The maximum absolute atomic E-state index is 12.2. The zero-order valence-corrected chi connectivity index (χ0v) is 15.3. The van der Waals surface area contributed by atoms with E-state index in [0.29, 0.717) is 22.9 Å². The summed E-state index contributed by atoms with van der Waals surface area (Å²) in [4.78, 5) is 38.6. The van der Waals surface area contributed by atoms with Gasteiger partial charge < -0.3 is 5.32 Å². The number of hydrogen-bond acceptors (Lipinski definition) is 5. The lowest BCUT2D eigenvalue weighted by molar-refractivity contribution is -0.126. The van der Waals surface area contributed by atoms with Crippen LogP contribution < -0.4 is 10.6 Å². The van der Waals surface area contributed by atoms with Crippen LogP contribution in [0.3, 0.4) is 0 Å². The average Bonchev–Trinajstić information content (AvgIpc) is 3.26. The van der Waals surface area contributed by atoms with E-state index in [9.17, 15) is 14.4 Å². The third kappa shape index (κ3) is 2.83. The molecule has 3 amide bonds. The number of carbonyl (C=O) groups is 3. The van der Waals surface area contributed by atoms with Crippen molar-refractivity contribution < 1.29 is 14.4 Å². The van der Waals surface area contributed by atoms with Crippen LogP contribution in [-0.2, 0) is 16.1 Å². The summed E-state index contributed by atoms with van der Waals surface area (Å²) in [5.41, 5.74) is 2.80. The predicted octanol–water partition coefficient (Wildman–Crippen LogP) is 2.26. The van der Waals surface area contributed by atoms with Gasteiger partial charge in [-0.2, -0.15) is 0 Å². The molecule has 0 spiro atoms. The third-order valence-electron chi connectivity index (χ3n) is 4.21. The van der Waals surface area contributed by atoms with Crippen molar-refractivity contribution in [2.24, 2.45) is 0 Å². The minimum absolute atomic E-state index is 0.245. The number of carbonyl (C=O) groups excluding carboxylic acids is 3. The second-order valence-electron chi connectivity index (χ2n) is 5.95. The Labute approximate surface area is 158 Å². The highest BCUT2D eigenvalue weighted by Crippen LogP contribution is 2.33. The van der Waals surface area contributed by atoms with E-state index in [1.54, 1.807) is 12.1 Å². The predicted molar refractivity (Wildman–Crippen MR) is 102 cm³/mol. The van der Waals surface area contributed by atoms with Gasteiger partial charge >= 0.3 is 0 Å². The molecule has 26 heavy (non-hydrogen) atoms. The molecule has 1 fully saturated rings. The Morgan fingerprint density at radius 3 is 2.73 bits per heavy atom. The Morgan fingerprint density at radius 2 is 2.04 bits per heavy atom. The summed E-state index contributed by atoms with van der Waals surface area (Å²) in [6.07, 6.45) is 1.75. The number of hydrogen-bond donors (Lipinski definition) is 2. The molecule has 4 rings (SSSR count). The van der Waals surface area contributed by atoms with Gasteiger partial charge in [-0.3, -0.25) is 24.6 Å². The molecule has 8 heteroatoms. The van der Waals surface area contributed by atoms with E-state index in [1.807, 2.05) is 24.3 Å². The van der Waals surface area contributed by atoms with Crippen LogP contribution in [0.4, 0.5) is 0 Å². The highest BCUT2D eigenvalue weighted by molar-refractivity contribution is 7.80. The van der Waals surface area contributed by atoms with Gasteiger partial charge in [0.05, 0.1) is 6.54 Å². The Morgan fingerprint density at radius 1 is 1.23 bits per heavy atom. The molecule has 0 atom stereocenters. The van der Waals surface area contributed by atoms with Crippen molar-refractivity contribution in [2.75, 3.05) is 0 Å². The van der Waals surface area contributed by atoms with E-state index < -0.39 is 0 Å². The molecule has 2 aliphatic rings. The number of nitrogens with one attached hydrogen (secondary N) is 2. The summed E-state index contributed by atoms with van der Waals surface area (Å²) >= 11 is 6.44. The molecule has 1 aromatic heterocycles. The number of thiophene rings is 1. The molecule has 0 saturated carbocycles. The van der Waals surface area contributed by atoms with Gasteiger partial charge in [-0.05, 0) is 53.7 Å². The lowest BCUT2D eigenvalue weighted by atomic mass is 10.1. The molecule has 0 unspecified atom stereocenters. The molecule has 0 aliphatic carbocycles. The average molecular weight is 383 g/mol. The molecule has 3 heterocycles. The van der Waals surface area contributed by atoms with Crippen LogP contribution in [0, 0.1) is 0 Å². The fourth-order valence-corrected chi connectivity index (χ4v) is 4.09. The monoisotopic (exact) mass is 383 g/mol. The van der Waals surface area contributed by atoms with Crippen LogP contribution in [-0.4, -0.2) is 27.7 Å². The number of benzene rings is 1. The molecular weight excluding hydrogens is 370 g/mol. The third-order valence-corrected chi connectivity index (χ3v) is 5.49. The lowest BCUT2D eigenvalue weighted by Crippen LogP contribution is -2.28. The molecule has 2 aromatic rings. The standard InChI is InChI=1S/C18H13N3O3S2/c1-9(22)21-8-11-6-10(2-4-13(11)17(21)24)15-5-3-12(26-15)7-14-16(23)20-18(25)19-14/h2-7H,8H2,1H3,(H2,19,20,23,25)/b14-7-. The summed E-state index contributed by atoms with van der Waals surface area (Å²) in [5, 5.41) is 5.65. The number of thiocarbonyl (C=S) groups is 1. The molecule has 2 aliphatic heterocycles. The minimum Gasteiger partial charge on any atom is -0.328 e. The molecule has 2 N–H and O–H groups in total. The molecule has 1 saturated heterocycles. The summed E-state index contributed by atoms with van der Waals surface area (Å²) < 4.78 is 0. The van der Waals surface area contributed by atoms with Crippen LogP contribution in [0.2, 0.25) is 0 Å². The normalized spacial score (nSPS) is 17.5. The quantitative estimate of drug-likeness (QED) is 0.614. The summed E-state index contributed by atoms with van der Waals surface area (Å²) in [6, 6.07) is 9.46. The van der Waals surface area contributed by atoms with Gasteiger partial charge in [0, 0.05) is 22.2 Å². The minimum atomic E-state index is -0.252. The van der Waals surface area contributed by atoms with E-state index in [1.165, 1.54) is 23.2 Å². The van der Waals surface area contributed by atoms with Crippen LogP contribution in [0.5, 0.6) is 0 Å². The molecule has 130 valence electrons. The first-order valence-corrected chi connectivity index (χ1v) is 9.04. The second-order valence-corrected chi connectivity index (χ2v) is 7.47. The number of rotatable bonds is 2. The van der Waals surface area contributed by atoms with Crippen molar-refractivity contribution in [1.82, 2.24) is 15.5 Å². The highest BCUT2D eigenvalue weighted by Gasteiger charge is 2.30. The zero-order valence-electron chi connectivity index (χ0n) is 13.7. The van der Waals surface area contributed by atoms with Crippen LogP contribution in [0.15, 0.2) is 36.0 Å². The van der Waals surface area contributed by atoms with Crippen molar-refractivity contribution >= 4 is 52.5 Å². The van der Waals surface area contributed by atoms with Crippen molar-refractivity contribution in [2.45, 2.75) is 13.5 Å². The van der Waals surface area contributed by atoms with Gasteiger partial charge in [-0.15, -0.1) is 11.3 Å². The van der Waals surface area contributed by atoms with Gasteiger partial charge in [-0.25, -0.2) is 0 Å². The molecular formula is C18H13N3O3S2. The molecule has 1 aromatic carbocycles. The van der Waals surface area contributed by atoms with Gasteiger partial charge in [0.15, 0.2) is 5.11 Å². The van der Waals surface area contributed by atoms with Crippen molar-refractivity contribution in [3.63, 3.8) is 0 Å². The summed E-state index contributed by atoms with van der Waals surface area (Å²) in [6.45, 7) is 1.70. The molecule has 0 radical (unpaired) electrons. The smallest absolute Gasteiger partial charge is 0.273 e. The zero-order chi connectivity index (χ0) is 18.4. The lowest BCUT2D eigenvalue weighted by Gasteiger charge is -2.08. The first-order chi connectivity index (χ1) is 12.4. The number of nitrogens with zero attached hydrogens (tertiary/aromatic N) is 1. The second kappa shape index (κ2) is 6.15. The van der Waals surface area contributed by atoms with E-state index in [0.717, 1.165) is 20.9 Å². The van der Waals surface area contributed by atoms with Crippen molar-refractivity contribution in [1.29, 1.82) is 0 Å². The summed E-state index contributed by atoms with van der Waals surface area (Å²) in [7, 11) is 0. The highest BCUT2D eigenvalue weighted by atomic mass is 32.1. The Hall–Kier alpha value is -2.84. The van der Waals surface area contributed by atoms with E-state index in [-0.39, 0.29) is 17.7 Å². The molecule has 6 nitrogen and oxygen atoms in total. The molecule has 0 bridgehead atoms. The topological polar surface area (TPSA) is 78.5 Å². The Kier molecular flexibility index (Phi) is 3.93. The fraction of sp³-hybridized carbons (Fsp3) is 0.111. The van der Waals surface area contributed by atoms with Gasteiger partial charge in [0.1, 0.15) is 5.70 Å². The van der Waals surface area contributed by atoms with Crippen LogP contribution in [0.25, 0.3) is 16.5 Å². The Bertz CT molecular complexity index is 1020. The van der Waals surface area contributed by atoms with Crippen molar-refractivity contribution in [3.05, 3.63) is 52.0 Å². The maximum Gasteiger partial charge on any atom is 0.273 e. The largest absolute Gasteiger partial charge is 0.328 e. The van der Waals surface area contributed by atoms with E-state index in [2.05, 4.69) is 10.6 Å². The van der Waals surface area contributed by atoms with Crippen LogP contribution >= 0.6 is 23.6 Å². The number of amides is 3. The van der Waals surface area contributed by atoms with Crippen LogP contribution in [0.1, 0.15) is 27.7 Å². The van der Waals surface area contributed by atoms with E-state index in [4.69, 9.17) is 12.2 Å². The van der Waals surface area contributed by atoms with E-state index >= 15 is 0 Å². The van der Waals surface area contributed by atoms with Gasteiger partial charge in [-0.1, -0.05) is 6.07 Å². The van der Waals surface area contributed by atoms with Crippen molar-refractivity contribution in [3.8, 4) is 10.4 Å². The van der Waals surface area contributed by atoms with Gasteiger partial charge in [0.25, 0.3) is 11.8 Å². The van der Waals surface area contributed by atoms with Gasteiger partial charge in [0.2, 0.25) is 5.91 Å². The maximum atomic E-state index is 12.2. The Balaban J connectivity index is 1.62.